The van der Waals surface area contributed by atoms with Crippen LogP contribution in [0.3, 0.4) is 0 Å². The first-order valence-corrected chi connectivity index (χ1v) is 6.60. The number of hydrogen-bond acceptors (Lipinski definition) is 4. The molecule has 0 aromatic carbocycles. The van der Waals surface area contributed by atoms with E-state index in [-0.39, 0.29) is 18.2 Å². The van der Waals surface area contributed by atoms with Crippen molar-refractivity contribution in [2.75, 3.05) is 18.9 Å². The van der Waals surface area contributed by atoms with E-state index in [0.29, 0.717) is 13.0 Å². The SMILES string of the molecule is NS(=O)(=O)CCNC(=O)C1CCCCO1. The molecule has 88 valence electrons. The van der Waals surface area contributed by atoms with Gasteiger partial charge in [-0.25, -0.2) is 13.6 Å². The van der Waals surface area contributed by atoms with Crippen molar-refractivity contribution in [3.63, 3.8) is 0 Å². The summed E-state index contributed by atoms with van der Waals surface area (Å²) in [4.78, 5) is 11.4. The van der Waals surface area contributed by atoms with Crippen LogP contribution in [0.5, 0.6) is 0 Å². The number of rotatable bonds is 4. The number of primary sulfonamides is 1. The maximum Gasteiger partial charge on any atom is 0.249 e. The minimum absolute atomic E-state index is 0.0392. The third kappa shape index (κ3) is 5.10. The van der Waals surface area contributed by atoms with Crippen molar-refractivity contribution in [3.05, 3.63) is 0 Å². The van der Waals surface area contributed by atoms with E-state index in [2.05, 4.69) is 5.32 Å². The Balaban J connectivity index is 2.23. The van der Waals surface area contributed by atoms with E-state index in [0.717, 1.165) is 12.8 Å². The van der Waals surface area contributed by atoms with E-state index in [1.165, 1.54) is 0 Å². The van der Waals surface area contributed by atoms with Crippen LogP contribution >= 0.6 is 0 Å². The molecule has 7 heteroatoms. The summed E-state index contributed by atoms with van der Waals surface area (Å²) >= 11 is 0. The summed E-state index contributed by atoms with van der Waals surface area (Å²) in [5.41, 5.74) is 0. The molecule has 6 nitrogen and oxygen atoms in total. The van der Waals surface area contributed by atoms with E-state index in [9.17, 15) is 13.2 Å². The number of nitrogens with two attached hydrogens (primary N) is 1. The van der Waals surface area contributed by atoms with Crippen molar-refractivity contribution in [3.8, 4) is 0 Å². The molecule has 0 aromatic heterocycles. The standard InChI is InChI=1S/C8H16N2O4S/c9-15(12,13)6-4-10-8(11)7-3-1-2-5-14-7/h7H,1-6H2,(H,10,11)(H2,9,12,13). The predicted molar refractivity (Wildman–Crippen MR) is 54.6 cm³/mol. The van der Waals surface area contributed by atoms with Crippen molar-refractivity contribution < 1.29 is 17.9 Å². The van der Waals surface area contributed by atoms with Gasteiger partial charge in [-0.05, 0) is 19.3 Å². The molecule has 1 amide bonds. The topological polar surface area (TPSA) is 98.5 Å². The van der Waals surface area contributed by atoms with Crippen LogP contribution in [-0.4, -0.2) is 39.3 Å². The normalized spacial score (nSPS) is 22.3. The molecule has 1 aliphatic rings. The molecule has 1 fully saturated rings. The summed E-state index contributed by atoms with van der Waals surface area (Å²) in [5, 5.41) is 7.28. The zero-order valence-electron chi connectivity index (χ0n) is 8.44. The lowest BCUT2D eigenvalue weighted by molar-refractivity contribution is -0.135. The highest BCUT2D eigenvalue weighted by molar-refractivity contribution is 7.89. The zero-order chi connectivity index (χ0) is 11.3. The van der Waals surface area contributed by atoms with Crippen molar-refractivity contribution in [1.82, 2.24) is 5.32 Å². The number of hydrogen-bond donors (Lipinski definition) is 2. The van der Waals surface area contributed by atoms with Gasteiger partial charge in [0.1, 0.15) is 6.10 Å². The number of carbonyl (C=O) groups excluding carboxylic acids is 1. The minimum atomic E-state index is -3.51. The van der Waals surface area contributed by atoms with Crippen LogP contribution < -0.4 is 10.5 Å². The van der Waals surface area contributed by atoms with E-state index < -0.39 is 16.1 Å². The fraction of sp³-hybridized carbons (Fsp3) is 0.875. The number of amides is 1. The van der Waals surface area contributed by atoms with Gasteiger partial charge in [-0.15, -0.1) is 0 Å². The van der Waals surface area contributed by atoms with Crippen molar-refractivity contribution in [2.45, 2.75) is 25.4 Å². The molecule has 15 heavy (non-hydrogen) atoms. The Bertz CT molecular complexity index is 309. The molecule has 1 aliphatic heterocycles. The van der Waals surface area contributed by atoms with Crippen LogP contribution in [0.2, 0.25) is 0 Å². The summed E-state index contributed by atoms with van der Waals surface area (Å²) in [6.07, 6.45) is 2.20. The first kappa shape index (κ1) is 12.4. The highest BCUT2D eigenvalue weighted by Crippen LogP contribution is 2.12. The number of carbonyl (C=O) groups is 1. The van der Waals surface area contributed by atoms with Gasteiger partial charge in [0.05, 0.1) is 5.75 Å². The summed E-state index contributed by atoms with van der Waals surface area (Å²) in [6.45, 7) is 0.630. The first-order chi connectivity index (χ1) is 6.99. The molecule has 1 atom stereocenters. The Morgan fingerprint density at radius 1 is 1.47 bits per heavy atom. The molecule has 0 bridgehead atoms. The van der Waals surface area contributed by atoms with Gasteiger partial charge in [-0.3, -0.25) is 4.79 Å². The summed E-state index contributed by atoms with van der Waals surface area (Å²) < 4.78 is 26.4. The Labute approximate surface area is 89.2 Å². The van der Waals surface area contributed by atoms with E-state index in [1.807, 2.05) is 0 Å². The summed E-state index contributed by atoms with van der Waals surface area (Å²) in [5.74, 6) is -0.496. The van der Waals surface area contributed by atoms with Crippen LogP contribution in [0.25, 0.3) is 0 Å². The van der Waals surface area contributed by atoms with Crippen molar-refractivity contribution >= 4 is 15.9 Å². The van der Waals surface area contributed by atoms with Gasteiger partial charge in [0.2, 0.25) is 15.9 Å². The largest absolute Gasteiger partial charge is 0.368 e. The molecule has 0 radical (unpaired) electrons. The fourth-order valence-corrected chi connectivity index (χ4v) is 1.76. The number of nitrogens with one attached hydrogen (secondary N) is 1. The maximum absolute atomic E-state index is 11.4. The quantitative estimate of drug-likeness (QED) is 0.651. The monoisotopic (exact) mass is 236 g/mol. The first-order valence-electron chi connectivity index (χ1n) is 4.89. The lowest BCUT2D eigenvalue weighted by Crippen LogP contribution is -2.40. The molecular weight excluding hydrogens is 220 g/mol. The van der Waals surface area contributed by atoms with Crippen molar-refractivity contribution in [1.29, 1.82) is 0 Å². The lowest BCUT2D eigenvalue weighted by atomic mass is 10.1. The molecule has 0 aromatic rings. The fourth-order valence-electron chi connectivity index (χ4n) is 1.38. The zero-order valence-corrected chi connectivity index (χ0v) is 9.26. The second kappa shape index (κ2) is 5.43. The van der Waals surface area contributed by atoms with Gasteiger partial charge in [0.25, 0.3) is 0 Å². The third-order valence-electron chi connectivity index (χ3n) is 2.16. The van der Waals surface area contributed by atoms with Crippen LogP contribution in [0.1, 0.15) is 19.3 Å². The van der Waals surface area contributed by atoms with Crippen molar-refractivity contribution in [2.24, 2.45) is 5.14 Å². The molecule has 3 N–H and O–H groups in total. The Morgan fingerprint density at radius 3 is 2.73 bits per heavy atom. The minimum Gasteiger partial charge on any atom is -0.368 e. The summed E-state index contributed by atoms with van der Waals surface area (Å²) in [7, 11) is -3.51. The number of ether oxygens (including phenoxy) is 1. The van der Waals surface area contributed by atoms with Gasteiger partial charge < -0.3 is 10.1 Å². The van der Waals surface area contributed by atoms with E-state index >= 15 is 0 Å². The van der Waals surface area contributed by atoms with Gasteiger partial charge in [-0.2, -0.15) is 0 Å². The highest BCUT2D eigenvalue weighted by Gasteiger charge is 2.21. The second-order valence-corrected chi connectivity index (χ2v) is 5.25. The van der Waals surface area contributed by atoms with Gasteiger partial charge in [0.15, 0.2) is 0 Å². The number of sulfonamides is 1. The smallest absolute Gasteiger partial charge is 0.249 e. The third-order valence-corrected chi connectivity index (χ3v) is 2.93. The predicted octanol–water partition coefficient (Wildman–Crippen LogP) is -1.04. The average Bonchev–Trinajstić information content (AvgIpc) is 2.17. The average molecular weight is 236 g/mol. The van der Waals surface area contributed by atoms with Gasteiger partial charge >= 0.3 is 0 Å². The van der Waals surface area contributed by atoms with Crippen LogP contribution in [0, 0.1) is 0 Å². The molecule has 1 unspecified atom stereocenters. The van der Waals surface area contributed by atoms with Crippen LogP contribution in [0.4, 0.5) is 0 Å². The molecule has 0 aliphatic carbocycles. The lowest BCUT2D eigenvalue weighted by Gasteiger charge is -2.21. The van der Waals surface area contributed by atoms with E-state index in [4.69, 9.17) is 9.88 Å². The van der Waals surface area contributed by atoms with Gasteiger partial charge in [-0.1, -0.05) is 0 Å². The Hall–Kier alpha value is -0.660. The highest BCUT2D eigenvalue weighted by atomic mass is 32.2. The van der Waals surface area contributed by atoms with E-state index in [1.54, 1.807) is 0 Å². The molecule has 0 saturated carbocycles. The maximum atomic E-state index is 11.4. The van der Waals surface area contributed by atoms with Gasteiger partial charge in [0, 0.05) is 13.2 Å². The molecule has 0 spiro atoms. The molecular formula is C8H16N2O4S. The second-order valence-electron chi connectivity index (χ2n) is 3.51. The molecule has 1 heterocycles. The summed E-state index contributed by atoms with van der Waals surface area (Å²) in [6, 6.07) is 0. The molecule has 1 rings (SSSR count). The van der Waals surface area contributed by atoms with Crippen LogP contribution in [-0.2, 0) is 19.6 Å². The Kier molecular flexibility index (Phi) is 4.49. The van der Waals surface area contributed by atoms with Crippen LogP contribution in [0.15, 0.2) is 0 Å². The Morgan fingerprint density at radius 2 is 2.20 bits per heavy atom. The molecule has 1 saturated heterocycles.